The van der Waals surface area contributed by atoms with Crippen molar-refractivity contribution in [3.63, 3.8) is 0 Å². The van der Waals surface area contributed by atoms with Gasteiger partial charge in [0.25, 0.3) is 0 Å². The molecule has 0 radical (unpaired) electrons. The number of ether oxygens (including phenoxy) is 1. The standard InChI is InChI=1S/C15H17FN2O/c1-10-5-4-6-13(18-10)15(17-2)12-9-11(16)7-8-14(12)19-3/h4-9,15,17H,1-3H3. The zero-order chi connectivity index (χ0) is 13.8. The van der Waals surface area contributed by atoms with E-state index in [4.69, 9.17) is 4.74 Å². The van der Waals surface area contributed by atoms with Crippen LogP contribution in [-0.2, 0) is 0 Å². The first-order valence-electron chi connectivity index (χ1n) is 6.10. The average molecular weight is 260 g/mol. The third kappa shape index (κ3) is 2.90. The number of rotatable bonds is 4. The van der Waals surface area contributed by atoms with Crippen molar-refractivity contribution in [2.45, 2.75) is 13.0 Å². The van der Waals surface area contributed by atoms with E-state index in [-0.39, 0.29) is 11.9 Å². The summed E-state index contributed by atoms with van der Waals surface area (Å²) < 4.78 is 18.8. The lowest BCUT2D eigenvalue weighted by molar-refractivity contribution is 0.403. The first kappa shape index (κ1) is 13.5. The van der Waals surface area contributed by atoms with Gasteiger partial charge in [0, 0.05) is 11.3 Å². The van der Waals surface area contributed by atoms with Crippen molar-refractivity contribution in [1.82, 2.24) is 10.3 Å². The lowest BCUT2D eigenvalue weighted by Gasteiger charge is -2.19. The second-order valence-corrected chi connectivity index (χ2v) is 4.31. The number of hydrogen-bond donors (Lipinski definition) is 1. The van der Waals surface area contributed by atoms with Crippen LogP contribution in [0.3, 0.4) is 0 Å². The molecule has 3 nitrogen and oxygen atoms in total. The number of benzene rings is 1. The van der Waals surface area contributed by atoms with Gasteiger partial charge in [-0.1, -0.05) is 6.07 Å². The van der Waals surface area contributed by atoms with E-state index < -0.39 is 0 Å². The smallest absolute Gasteiger partial charge is 0.124 e. The number of methoxy groups -OCH3 is 1. The van der Waals surface area contributed by atoms with Crippen molar-refractivity contribution in [1.29, 1.82) is 0 Å². The summed E-state index contributed by atoms with van der Waals surface area (Å²) in [6, 6.07) is 10.1. The van der Waals surface area contributed by atoms with Gasteiger partial charge in [-0.15, -0.1) is 0 Å². The van der Waals surface area contributed by atoms with Gasteiger partial charge in [0.1, 0.15) is 11.6 Å². The highest BCUT2D eigenvalue weighted by Gasteiger charge is 2.18. The van der Waals surface area contributed by atoms with Crippen molar-refractivity contribution in [3.05, 3.63) is 59.2 Å². The largest absolute Gasteiger partial charge is 0.496 e. The molecule has 1 aromatic heterocycles. The molecule has 0 fully saturated rings. The Morgan fingerprint density at radius 1 is 1.26 bits per heavy atom. The molecule has 0 saturated carbocycles. The van der Waals surface area contributed by atoms with Gasteiger partial charge in [-0.3, -0.25) is 4.98 Å². The van der Waals surface area contributed by atoms with Crippen molar-refractivity contribution in [2.75, 3.05) is 14.2 Å². The SMILES string of the molecule is CNC(c1cccc(C)n1)c1cc(F)ccc1OC. The van der Waals surface area contributed by atoms with E-state index in [9.17, 15) is 4.39 Å². The predicted molar refractivity (Wildman–Crippen MR) is 72.8 cm³/mol. The minimum absolute atomic E-state index is 0.203. The van der Waals surface area contributed by atoms with Gasteiger partial charge >= 0.3 is 0 Å². The lowest BCUT2D eigenvalue weighted by atomic mass is 10.0. The van der Waals surface area contributed by atoms with Crippen LogP contribution in [0.15, 0.2) is 36.4 Å². The summed E-state index contributed by atoms with van der Waals surface area (Å²) in [5, 5.41) is 3.15. The maximum absolute atomic E-state index is 13.5. The molecule has 4 heteroatoms. The number of aromatic nitrogens is 1. The molecule has 2 aromatic rings. The zero-order valence-electron chi connectivity index (χ0n) is 11.3. The number of halogens is 1. The van der Waals surface area contributed by atoms with Crippen LogP contribution in [0.25, 0.3) is 0 Å². The summed E-state index contributed by atoms with van der Waals surface area (Å²) in [4.78, 5) is 4.49. The Hall–Kier alpha value is -1.94. The van der Waals surface area contributed by atoms with Crippen LogP contribution in [0, 0.1) is 12.7 Å². The average Bonchev–Trinajstić information content (AvgIpc) is 2.40. The van der Waals surface area contributed by atoms with Gasteiger partial charge in [0.2, 0.25) is 0 Å². The monoisotopic (exact) mass is 260 g/mol. The van der Waals surface area contributed by atoms with Gasteiger partial charge in [-0.05, 0) is 44.3 Å². The van der Waals surface area contributed by atoms with Crippen molar-refractivity contribution in [3.8, 4) is 5.75 Å². The highest BCUT2D eigenvalue weighted by Crippen LogP contribution is 2.29. The fourth-order valence-electron chi connectivity index (χ4n) is 2.12. The molecule has 0 aliphatic heterocycles. The molecule has 19 heavy (non-hydrogen) atoms. The molecule has 1 N–H and O–H groups in total. The second kappa shape index (κ2) is 5.80. The molecular formula is C15H17FN2O. The molecule has 0 aliphatic rings. The fourth-order valence-corrected chi connectivity index (χ4v) is 2.12. The molecule has 0 amide bonds. The number of aryl methyl sites for hydroxylation is 1. The molecule has 0 bridgehead atoms. The van der Waals surface area contributed by atoms with E-state index in [1.807, 2.05) is 32.2 Å². The highest BCUT2D eigenvalue weighted by molar-refractivity contribution is 5.40. The van der Waals surface area contributed by atoms with Gasteiger partial charge in [-0.25, -0.2) is 4.39 Å². The van der Waals surface area contributed by atoms with Gasteiger partial charge in [-0.2, -0.15) is 0 Å². The van der Waals surface area contributed by atoms with Crippen molar-refractivity contribution in [2.24, 2.45) is 0 Å². The summed E-state index contributed by atoms with van der Waals surface area (Å²) in [5.41, 5.74) is 2.50. The maximum atomic E-state index is 13.5. The third-order valence-electron chi connectivity index (χ3n) is 3.00. The zero-order valence-corrected chi connectivity index (χ0v) is 11.3. The first-order valence-corrected chi connectivity index (χ1v) is 6.10. The van der Waals surface area contributed by atoms with Crippen LogP contribution in [0.5, 0.6) is 5.75 Å². The van der Waals surface area contributed by atoms with Crippen molar-refractivity contribution < 1.29 is 9.13 Å². The van der Waals surface area contributed by atoms with Gasteiger partial charge in [0.15, 0.2) is 0 Å². The number of pyridine rings is 1. The summed E-state index contributed by atoms with van der Waals surface area (Å²) in [6.07, 6.45) is 0. The topological polar surface area (TPSA) is 34.2 Å². The van der Waals surface area contributed by atoms with Crippen LogP contribution >= 0.6 is 0 Å². The van der Waals surface area contributed by atoms with Crippen LogP contribution in [0.4, 0.5) is 4.39 Å². The number of hydrogen-bond acceptors (Lipinski definition) is 3. The van der Waals surface area contributed by atoms with E-state index in [0.29, 0.717) is 5.75 Å². The van der Waals surface area contributed by atoms with Gasteiger partial charge < -0.3 is 10.1 Å². The molecule has 1 atom stereocenters. The molecule has 1 aromatic carbocycles. The molecular weight excluding hydrogens is 243 g/mol. The van der Waals surface area contributed by atoms with Crippen LogP contribution in [-0.4, -0.2) is 19.1 Å². The lowest BCUT2D eigenvalue weighted by Crippen LogP contribution is -2.20. The molecule has 100 valence electrons. The first-order chi connectivity index (χ1) is 9.15. The van der Waals surface area contributed by atoms with E-state index in [1.54, 1.807) is 13.2 Å². The minimum Gasteiger partial charge on any atom is -0.496 e. The molecule has 0 saturated heterocycles. The van der Waals surface area contributed by atoms with Crippen LogP contribution in [0.1, 0.15) is 23.0 Å². The minimum atomic E-state index is -0.288. The Bertz CT molecular complexity index is 572. The van der Waals surface area contributed by atoms with Gasteiger partial charge in [0.05, 0.1) is 18.8 Å². The quantitative estimate of drug-likeness (QED) is 0.918. The summed E-state index contributed by atoms with van der Waals surface area (Å²) >= 11 is 0. The maximum Gasteiger partial charge on any atom is 0.124 e. The molecule has 2 rings (SSSR count). The predicted octanol–water partition coefficient (Wildman–Crippen LogP) is 2.85. The molecule has 1 unspecified atom stereocenters. The molecule has 1 heterocycles. The Kier molecular flexibility index (Phi) is 4.12. The van der Waals surface area contributed by atoms with E-state index in [1.165, 1.54) is 12.1 Å². The summed E-state index contributed by atoms with van der Waals surface area (Å²) in [5.74, 6) is 0.354. The third-order valence-corrected chi connectivity index (χ3v) is 3.00. The number of nitrogens with zero attached hydrogens (tertiary/aromatic N) is 1. The molecule has 0 spiro atoms. The Morgan fingerprint density at radius 3 is 2.68 bits per heavy atom. The Morgan fingerprint density at radius 2 is 2.05 bits per heavy atom. The second-order valence-electron chi connectivity index (χ2n) is 4.31. The van der Waals surface area contributed by atoms with Crippen LogP contribution in [0.2, 0.25) is 0 Å². The highest BCUT2D eigenvalue weighted by atomic mass is 19.1. The van der Waals surface area contributed by atoms with Crippen LogP contribution < -0.4 is 10.1 Å². The summed E-state index contributed by atoms with van der Waals surface area (Å²) in [7, 11) is 3.39. The Labute approximate surface area is 112 Å². The summed E-state index contributed by atoms with van der Waals surface area (Å²) in [6.45, 7) is 1.93. The van der Waals surface area contributed by atoms with E-state index >= 15 is 0 Å². The van der Waals surface area contributed by atoms with E-state index in [2.05, 4.69) is 10.3 Å². The normalized spacial score (nSPS) is 12.2. The Balaban J connectivity index is 2.50. The molecule has 0 aliphatic carbocycles. The fraction of sp³-hybridized carbons (Fsp3) is 0.267. The van der Waals surface area contributed by atoms with Crippen molar-refractivity contribution >= 4 is 0 Å². The number of nitrogens with one attached hydrogen (secondary N) is 1. The van der Waals surface area contributed by atoms with E-state index in [0.717, 1.165) is 17.0 Å².